The summed E-state index contributed by atoms with van der Waals surface area (Å²) in [6, 6.07) is 0. The highest BCUT2D eigenvalue weighted by atomic mass is 16.7. The Labute approximate surface area is 238 Å². The van der Waals surface area contributed by atoms with Crippen LogP contribution in [0.2, 0.25) is 0 Å². The number of methoxy groups -OCH3 is 1. The minimum absolute atomic E-state index is 0.0350. The van der Waals surface area contributed by atoms with Crippen molar-refractivity contribution in [3.05, 3.63) is 47.1 Å². The van der Waals surface area contributed by atoms with E-state index in [0.29, 0.717) is 36.3 Å². The molecule has 0 saturated carbocycles. The van der Waals surface area contributed by atoms with Gasteiger partial charge in [0.05, 0.1) is 12.2 Å². The summed E-state index contributed by atoms with van der Waals surface area (Å²) < 4.78 is 30.9. The highest BCUT2D eigenvalue weighted by Crippen LogP contribution is 2.49. The Morgan fingerprint density at radius 2 is 1.90 bits per heavy atom. The molecule has 5 rings (SSSR count). The van der Waals surface area contributed by atoms with E-state index in [1.807, 2.05) is 6.08 Å². The molecule has 0 aromatic heterocycles. The molecular formula is C32H46O8. The Morgan fingerprint density at radius 3 is 2.62 bits per heavy atom. The van der Waals surface area contributed by atoms with E-state index in [1.54, 1.807) is 19.1 Å². The van der Waals surface area contributed by atoms with E-state index in [1.165, 1.54) is 12.7 Å². The first kappa shape index (κ1) is 29.7. The van der Waals surface area contributed by atoms with E-state index in [2.05, 4.69) is 39.8 Å². The van der Waals surface area contributed by atoms with Crippen molar-refractivity contribution in [3.8, 4) is 0 Å². The fourth-order valence-electron chi connectivity index (χ4n) is 7.07. The maximum Gasteiger partial charge on any atom is 0.316 e. The van der Waals surface area contributed by atoms with Gasteiger partial charge in [0.1, 0.15) is 29.8 Å². The second-order valence-corrected chi connectivity index (χ2v) is 12.7. The zero-order valence-electron chi connectivity index (χ0n) is 24.7. The quantitative estimate of drug-likeness (QED) is 0.358. The second-order valence-electron chi connectivity index (χ2n) is 12.7. The predicted octanol–water partition coefficient (Wildman–Crippen LogP) is 4.51. The summed E-state index contributed by atoms with van der Waals surface area (Å²) in [5.41, 5.74) is 0.373. The van der Waals surface area contributed by atoms with Gasteiger partial charge in [-0.05, 0) is 57.4 Å². The van der Waals surface area contributed by atoms with Gasteiger partial charge in [-0.3, -0.25) is 4.79 Å². The van der Waals surface area contributed by atoms with Gasteiger partial charge >= 0.3 is 5.97 Å². The van der Waals surface area contributed by atoms with E-state index in [9.17, 15) is 15.0 Å². The minimum Gasteiger partial charge on any atom is -0.462 e. The molecule has 4 aliphatic heterocycles. The number of fused-ring (bicyclic) bond motifs is 2. The minimum atomic E-state index is -1.83. The van der Waals surface area contributed by atoms with Crippen molar-refractivity contribution in [2.45, 2.75) is 121 Å². The van der Waals surface area contributed by atoms with Crippen molar-refractivity contribution in [1.82, 2.24) is 0 Å². The molecule has 40 heavy (non-hydrogen) atoms. The summed E-state index contributed by atoms with van der Waals surface area (Å²) in [7, 11) is 1.49. The summed E-state index contributed by atoms with van der Waals surface area (Å²) in [4.78, 5) is 14.0. The van der Waals surface area contributed by atoms with Crippen molar-refractivity contribution in [1.29, 1.82) is 0 Å². The van der Waals surface area contributed by atoms with Crippen LogP contribution in [-0.2, 0) is 28.5 Å². The molecule has 0 radical (unpaired) electrons. The fourth-order valence-corrected chi connectivity index (χ4v) is 7.07. The fraction of sp³-hybridized carbons (Fsp3) is 0.719. The van der Waals surface area contributed by atoms with E-state index >= 15 is 0 Å². The molecule has 0 amide bonds. The lowest BCUT2D eigenvalue weighted by Crippen LogP contribution is -2.58. The molecule has 4 heterocycles. The van der Waals surface area contributed by atoms with Crippen LogP contribution in [0.1, 0.15) is 73.1 Å². The molecule has 3 fully saturated rings. The van der Waals surface area contributed by atoms with Crippen molar-refractivity contribution in [2.75, 3.05) is 7.11 Å². The lowest BCUT2D eigenvalue weighted by molar-refractivity contribution is -0.332. The van der Waals surface area contributed by atoms with E-state index in [-0.39, 0.29) is 18.1 Å². The molecule has 2 N–H and O–H groups in total. The maximum atomic E-state index is 14.0. The Morgan fingerprint density at radius 1 is 1.12 bits per heavy atom. The lowest BCUT2D eigenvalue weighted by atomic mass is 9.70. The molecule has 11 atom stereocenters. The largest absolute Gasteiger partial charge is 0.462 e. The third kappa shape index (κ3) is 5.51. The van der Waals surface area contributed by atoms with Crippen LogP contribution >= 0.6 is 0 Å². The van der Waals surface area contributed by atoms with Gasteiger partial charge < -0.3 is 33.9 Å². The summed E-state index contributed by atoms with van der Waals surface area (Å²) >= 11 is 0. The first-order valence-electron chi connectivity index (χ1n) is 14.8. The lowest BCUT2D eigenvalue weighted by Gasteiger charge is -2.49. The Hall–Kier alpha value is -1.81. The molecule has 1 aliphatic carbocycles. The first-order chi connectivity index (χ1) is 19.0. The van der Waals surface area contributed by atoms with E-state index in [0.717, 1.165) is 19.3 Å². The second kappa shape index (κ2) is 11.5. The van der Waals surface area contributed by atoms with Crippen molar-refractivity contribution in [3.63, 3.8) is 0 Å². The average Bonchev–Trinajstić information content (AvgIpc) is 3.19. The van der Waals surface area contributed by atoms with Gasteiger partial charge in [-0.15, -0.1) is 0 Å². The average molecular weight is 559 g/mol. The van der Waals surface area contributed by atoms with Crippen molar-refractivity contribution in [2.24, 2.45) is 17.8 Å². The third-order valence-electron chi connectivity index (χ3n) is 9.55. The standard InChI is InChI=1S/C32H46O8/c1-18-8-7-9-25-30(36-6)38-28-27(33)21(4)15-26(32(25,28)35)29(34)37-24-16-23(11-10-19(2)14-18)40-31(17-24)13-12-20(3)22(5)39-31/h7-10,15,18,20,22-24,26-28,30,33,35H,11-14,16-17H2,1-6H3/b8-7+,19-10+,25-9-/t18-,20-,22+,23+,24-,26-,27+,28+,30-,31-,32+/m0/s1. The van der Waals surface area contributed by atoms with E-state index in [4.69, 9.17) is 23.7 Å². The number of hydrogen-bond donors (Lipinski definition) is 2. The van der Waals surface area contributed by atoms with Gasteiger partial charge in [-0.1, -0.05) is 49.8 Å². The molecule has 5 aliphatic rings. The van der Waals surface area contributed by atoms with Gasteiger partial charge in [0, 0.05) is 31.9 Å². The van der Waals surface area contributed by atoms with Gasteiger partial charge in [0.15, 0.2) is 12.1 Å². The van der Waals surface area contributed by atoms with Gasteiger partial charge in [0.25, 0.3) is 0 Å². The number of aliphatic hydroxyl groups is 2. The summed E-state index contributed by atoms with van der Waals surface area (Å²) in [6.07, 6.45) is 10.2. The summed E-state index contributed by atoms with van der Waals surface area (Å²) in [5, 5.41) is 23.2. The highest BCUT2D eigenvalue weighted by molar-refractivity contribution is 5.78. The normalized spacial score (nSPS) is 49.6. The smallest absolute Gasteiger partial charge is 0.316 e. The number of ether oxygens (including phenoxy) is 5. The molecule has 1 spiro atoms. The van der Waals surface area contributed by atoms with Crippen LogP contribution in [0, 0.1) is 17.8 Å². The molecule has 8 heteroatoms. The zero-order chi connectivity index (χ0) is 28.8. The van der Waals surface area contributed by atoms with Crippen LogP contribution in [0.3, 0.4) is 0 Å². The monoisotopic (exact) mass is 558 g/mol. The van der Waals surface area contributed by atoms with Crippen LogP contribution in [0.4, 0.5) is 0 Å². The zero-order valence-corrected chi connectivity index (χ0v) is 24.7. The molecule has 0 unspecified atom stereocenters. The predicted molar refractivity (Wildman–Crippen MR) is 149 cm³/mol. The van der Waals surface area contributed by atoms with Crippen molar-refractivity contribution >= 4 is 5.97 Å². The first-order valence-corrected chi connectivity index (χ1v) is 14.8. The SMILES string of the molecule is CO[C@H]1O[C@@H]2[C@H](O)C(C)=C[C@H]3C(=O)O[C@H]4C[C@@H](C/C=C(\C)C[C@@H](C)/C=C/C=C/1[C@]23O)O[C@@]1(CC[C@H](C)[C@@H](C)O1)C4. The van der Waals surface area contributed by atoms with Gasteiger partial charge in [-0.25, -0.2) is 0 Å². The number of carbonyl (C=O) groups is 1. The Balaban J connectivity index is 1.54. The number of esters is 1. The number of hydrogen-bond acceptors (Lipinski definition) is 8. The van der Waals surface area contributed by atoms with Crippen LogP contribution in [-0.4, -0.2) is 71.5 Å². The molecule has 222 valence electrons. The Kier molecular flexibility index (Phi) is 8.50. The molecule has 8 nitrogen and oxygen atoms in total. The molecule has 0 aromatic rings. The third-order valence-corrected chi connectivity index (χ3v) is 9.55. The summed E-state index contributed by atoms with van der Waals surface area (Å²) in [5.74, 6) is -1.77. The summed E-state index contributed by atoms with van der Waals surface area (Å²) in [6.45, 7) is 10.3. The number of carbonyl (C=O) groups excluding carboxylic acids is 1. The van der Waals surface area contributed by atoms with Gasteiger partial charge in [-0.2, -0.15) is 0 Å². The molecular weight excluding hydrogens is 512 g/mol. The topological polar surface area (TPSA) is 104 Å². The Bertz CT molecular complexity index is 1090. The number of rotatable bonds is 1. The molecule has 2 bridgehead atoms. The van der Waals surface area contributed by atoms with Crippen LogP contribution < -0.4 is 0 Å². The van der Waals surface area contributed by atoms with E-state index < -0.39 is 47.9 Å². The van der Waals surface area contributed by atoms with Crippen LogP contribution in [0.15, 0.2) is 47.1 Å². The molecule has 3 saturated heterocycles. The highest BCUT2D eigenvalue weighted by Gasteiger charge is 2.63. The van der Waals surface area contributed by atoms with Crippen LogP contribution in [0.25, 0.3) is 0 Å². The number of allylic oxidation sites excluding steroid dienone is 4. The van der Waals surface area contributed by atoms with Crippen molar-refractivity contribution < 1.29 is 38.7 Å². The maximum absolute atomic E-state index is 14.0. The van der Waals surface area contributed by atoms with Gasteiger partial charge in [0.2, 0.25) is 0 Å². The number of aliphatic hydroxyl groups excluding tert-OH is 1. The molecule has 0 aromatic carbocycles. The van der Waals surface area contributed by atoms with Crippen LogP contribution in [0.5, 0.6) is 0 Å².